The summed E-state index contributed by atoms with van der Waals surface area (Å²) in [6.07, 6.45) is -2.97. The molecular weight excluding hydrogens is 293 g/mol. The summed E-state index contributed by atoms with van der Waals surface area (Å²) in [6.45, 7) is 3.27. The lowest BCUT2D eigenvalue weighted by Crippen LogP contribution is -2.34. The molecule has 1 amide bonds. The molecule has 0 aromatic carbocycles. The molecule has 0 saturated carbocycles. The van der Waals surface area contributed by atoms with E-state index in [9.17, 15) is 18.0 Å². The highest BCUT2D eigenvalue weighted by Gasteiger charge is 2.35. The minimum Gasteiger partial charge on any atom is -0.308 e. The first kappa shape index (κ1) is 14.5. The third-order valence-corrected chi connectivity index (χ3v) is 3.76. The maximum absolute atomic E-state index is 12.4. The van der Waals surface area contributed by atoms with Crippen molar-refractivity contribution >= 4 is 23.1 Å². The van der Waals surface area contributed by atoms with Gasteiger partial charge in [-0.3, -0.25) is 9.89 Å². The van der Waals surface area contributed by atoms with Crippen LogP contribution < -0.4 is 5.32 Å². The van der Waals surface area contributed by atoms with E-state index in [0.29, 0.717) is 5.01 Å². The van der Waals surface area contributed by atoms with Gasteiger partial charge in [0.1, 0.15) is 10.7 Å². The van der Waals surface area contributed by atoms with Gasteiger partial charge in [0, 0.05) is 17.6 Å². The maximum atomic E-state index is 12.4. The summed E-state index contributed by atoms with van der Waals surface area (Å²) in [5.74, 6) is -0.653. The van der Waals surface area contributed by atoms with Gasteiger partial charge in [0.15, 0.2) is 5.82 Å². The third-order valence-electron chi connectivity index (χ3n) is 2.66. The second-order valence-corrected chi connectivity index (χ2v) is 5.48. The monoisotopic (exact) mass is 304 g/mol. The Balaban J connectivity index is 2.14. The second kappa shape index (κ2) is 4.89. The quantitative estimate of drug-likeness (QED) is 0.916. The van der Waals surface area contributed by atoms with Crippen molar-refractivity contribution in [3.63, 3.8) is 0 Å². The lowest BCUT2D eigenvalue weighted by atomic mass is 9.93. The van der Waals surface area contributed by atoms with Crippen LogP contribution in [0.2, 0.25) is 0 Å². The number of aromatic amines is 1. The molecule has 0 aliphatic carbocycles. The molecule has 2 aromatic rings. The summed E-state index contributed by atoms with van der Waals surface area (Å²) in [7, 11) is 0. The van der Waals surface area contributed by atoms with Gasteiger partial charge in [-0.05, 0) is 13.8 Å². The molecule has 0 unspecified atom stereocenters. The predicted octanol–water partition coefficient (Wildman–Crippen LogP) is 2.80. The highest BCUT2D eigenvalue weighted by Crippen LogP contribution is 2.30. The van der Waals surface area contributed by atoms with Crippen molar-refractivity contribution in [1.82, 2.24) is 15.2 Å². The standard InChI is InChI=1S/C11H11F3N4OS/c1-10(2,9-15-3-4-20-9)8(19)16-7-5-6(17-18-7)11(12,13)14/h3-5H,1-2H3,(H2,16,17,18,19). The maximum Gasteiger partial charge on any atom is 0.432 e. The number of halogens is 3. The number of carbonyl (C=O) groups is 1. The molecule has 0 atom stereocenters. The Hall–Kier alpha value is -1.90. The van der Waals surface area contributed by atoms with E-state index >= 15 is 0 Å². The number of nitrogens with one attached hydrogen (secondary N) is 2. The Morgan fingerprint density at radius 2 is 2.10 bits per heavy atom. The van der Waals surface area contributed by atoms with Crippen molar-refractivity contribution in [3.8, 4) is 0 Å². The van der Waals surface area contributed by atoms with Gasteiger partial charge in [-0.25, -0.2) is 4.98 Å². The predicted molar refractivity (Wildman–Crippen MR) is 67.4 cm³/mol. The average Bonchev–Trinajstić information content (AvgIpc) is 2.98. The summed E-state index contributed by atoms with van der Waals surface area (Å²) in [4.78, 5) is 16.2. The van der Waals surface area contributed by atoms with Crippen LogP contribution in [0.5, 0.6) is 0 Å². The topological polar surface area (TPSA) is 70.7 Å². The molecule has 5 nitrogen and oxygen atoms in total. The van der Waals surface area contributed by atoms with Crippen molar-refractivity contribution < 1.29 is 18.0 Å². The fraction of sp³-hybridized carbons (Fsp3) is 0.364. The molecule has 108 valence electrons. The van der Waals surface area contributed by atoms with Crippen molar-refractivity contribution in [3.05, 3.63) is 28.3 Å². The molecule has 0 aliphatic rings. The molecule has 20 heavy (non-hydrogen) atoms. The Morgan fingerprint density at radius 3 is 2.60 bits per heavy atom. The van der Waals surface area contributed by atoms with E-state index in [-0.39, 0.29) is 5.82 Å². The van der Waals surface area contributed by atoms with Crippen LogP contribution in [0.3, 0.4) is 0 Å². The highest BCUT2D eigenvalue weighted by molar-refractivity contribution is 7.09. The van der Waals surface area contributed by atoms with E-state index in [1.807, 2.05) is 5.10 Å². The lowest BCUT2D eigenvalue weighted by molar-refractivity contribution is -0.141. The van der Waals surface area contributed by atoms with E-state index in [1.54, 1.807) is 25.4 Å². The molecule has 2 aromatic heterocycles. The zero-order valence-corrected chi connectivity index (χ0v) is 11.4. The highest BCUT2D eigenvalue weighted by atomic mass is 32.1. The second-order valence-electron chi connectivity index (χ2n) is 4.58. The number of carbonyl (C=O) groups excluding carboxylic acids is 1. The number of thiazole rings is 1. The van der Waals surface area contributed by atoms with Crippen LogP contribution in [0.25, 0.3) is 0 Å². The summed E-state index contributed by atoms with van der Waals surface area (Å²) < 4.78 is 37.2. The van der Waals surface area contributed by atoms with E-state index in [4.69, 9.17) is 0 Å². The fourth-order valence-electron chi connectivity index (χ4n) is 1.43. The molecule has 0 saturated heterocycles. The van der Waals surface area contributed by atoms with Gasteiger partial charge >= 0.3 is 6.18 Å². The number of alkyl halides is 3. The van der Waals surface area contributed by atoms with Crippen LogP contribution in [0.1, 0.15) is 24.5 Å². The Labute approximate surface area is 116 Å². The van der Waals surface area contributed by atoms with Crippen LogP contribution >= 0.6 is 11.3 Å². The summed E-state index contributed by atoms with van der Waals surface area (Å²) in [5, 5.41) is 9.90. The van der Waals surface area contributed by atoms with Gasteiger partial charge in [0.2, 0.25) is 5.91 Å². The normalized spacial score (nSPS) is 12.4. The van der Waals surface area contributed by atoms with Crippen molar-refractivity contribution in [1.29, 1.82) is 0 Å². The van der Waals surface area contributed by atoms with Gasteiger partial charge in [0.25, 0.3) is 0 Å². The van der Waals surface area contributed by atoms with Crippen molar-refractivity contribution in [2.75, 3.05) is 5.32 Å². The molecule has 0 bridgehead atoms. The molecule has 2 heterocycles. The van der Waals surface area contributed by atoms with E-state index in [0.717, 1.165) is 6.07 Å². The minimum atomic E-state index is -4.53. The number of amides is 1. The number of H-pyrrole nitrogens is 1. The molecule has 0 aliphatic heterocycles. The van der Waals surface area contributed by atoms with Gasteiger partial charge in [-0.15, -0.1) is 11.3 Å². The largest absolute Gasteiger partial charge is 0.432 e. The number of rotatable bonds is 3. The first-order valence-electron chi connectivity index (χ1n) is 5.55. The number of anilines is 1. The molecule has 0 spiro atoms. The number of hydrogen-bond donors (Lipinski definition) is 2. The number of aromatic nitrogens is 3. The fourth-order valence-corrected chi connectivity index (χ4v) is 2.19. The molecule has 2 N–H and O–H groups in total. The third kappa shape index (κ3) is 2.82. The van der Waals surface area contributed by atoms with Crippen molar-refractivity contribution in [2.45, 2.75) is 25.4 Å². The zero-order chi connectivity index (χ0) is 15.0. The molecular formula is C11H11F3N4OS. The van der Waals surface area contributed by atoms with Gasteiger partial charge in [0.05, 0.1) is 5.41 Å². The van der Waals surface area contributed by atoms with Crippen LogP contribution in [0, 0.1) is 0 Å². The molecule has 0 fully saturated rings. The van der Waals surface area contributed by atoms with Crippen LogP contribution in [-0.4, -0.2) is 21.1 Å². The number of nitrogens with zero attached hydrogens (tertiary/aromatic N) is 2. The van der Waals surface area contributed by atoms with Gasteiger partial charge in [-0.1, -0.05) is 0 Å². The van der Waals surface area contributed by atoms with Crippen LogP contribution in [0.4, 0.5) is 19.0 Å². The molecule has 2 rings (SSSR count). The van der Waals surface area contributed by atoms with Gasteiger partial charge in [-0.2, -0.15) is 18.3 Å². The van der Waals surface area contributed by atoms with Gasteiger partial charge < -0.3 is 5.32 Å². The van der Waals surface area contributed by atoms with Crippen LogP contribution in [0.15, 0.2) is 17.6 Å². The summed E-state index contributed by atoms with van der Waals surface area (Å²) >= 11 is 1.30. The smallest absolute Gasteiger partial charge is 0.308 e. The number of hydrogen-bond acceptors (Lipinski definition) is 4. The Morgan fingerprint density at radius 1 is 1.40 bits per heavy atom. The Kier molecular flexibility index (Phi) is 3.55. The van der Waals surface area contributed by atoms with E-state index in [1.165, 1.54) is 11.3 Å². The molecule has 0 radical (unpaired) electrons. The summed E-state index contributed by atoms with van der Waals surface area (Å²) in [5.41, 5.74) is -1.97. The first-order chi connectivity index (χ1) is 9.21. The summed E-state index contributed by atoms with van der Waals surface area (Å²) in [6, 6.07) is 0.746. The first-order valence-corrected chi connectivity index (χ1v) is 6.43. The van der Waals surface area contributed by atoms with Crippen molar-refractivity contribution in [2.24, 2.45) is 0 Å². The Bertz CT molecular complexity index is 603. The average molecular weight is 304 g/mol. The van der Waals surface area contributed by atoms with Crippen LogP contribution in [-0.2, 0) is 16.4 Å². The zero-order valence-electron chi connectivity index (χ0n) is 10.6. The van der Waals surface area contributed by atoms with E-state index in [2.05, 4.69) is 15.4 Å². The minimum absolute atomic E-state index is 0.174. The lowest BCUT2D eigenvalue weighted by Gasteiger charge is -2.19. The SMILES string of the molecule is CC(C)(C(=O)Nc1cc(C(F)(F)F)[nH]n1)c1nccs1. The molecule has 9 heteroatoms. The van der Waals surface area contributed by atoms with E-state index < -0.39 is 23.2 Å².